The van der Waals surface area contributed by atoms with E-state index < -0.39 is 5.54 Å². The third-order valence-corrected chi connectivity index (χ3v) is 1.85. The van der Waals surface area contributed by atoms with E-state index in [1.165, 1.54) is 0 Å². The molecule has 3 heteroatoms. The number of hydrogen-bond acceptors (Lipinski definition) is 3. The minimum Gasteiger partial charge on any atom is -0.316 e. The largest absolute Gasteiger partial charge is 0.316 e. The molecule has 0 amide bonds. The van der Waals surface area contributed by atoms with E-state index >= 15 is 0 Å². The molecule has 3 nitrogen and oxygen atoms in total. The highest BCUT2D eigenvalue weighted by molar-refractivity contribution is 5.67. The molecule has 1 unspecified atom stereocenters. The van der Waals surface area contributed by atoms with Gasteiger partial charge in [0.2, 0.25) is 0 Å². The van der Waals surface area contributed by atoms with Crippen LogP contribution in [0.4, 0.5) is 0 Å². The smallest absolute Gasteiger partial charge is 0.144 e. The first-order chi connectivity index (χ1) is 5.58. The Bertz CT molecular complexity index is 294. The molecule has 1 rings (SSSR count). The van der Waals surface area contributed by atoms with Crippen molar-refractivity contribution < 1.29 is 4.79 Å². The predicted octanol–water partition coefficient (Wildman–Crippen LogP) is 0.763. The molecule has 0 spiro atoms. The van der Waals surface area contributed by atoms with Gasteiger partial charge in [-0.05, 0) is 31.0 Å². The second kappa shape index (κ2) is 3.03. The van der Waals surface area contributed by atoms with E-state index in [0.29, 0.717) is 0 Å². The molecule has 0 aromatic carbocycles. The Hall–Kier alpha value is -1.22. The molecule has 0 aliphatic carbocycles. The van der Waals surface area contributed by atoms with Crippen LogP contribution in [0.15, 0.2) is 18.5 Å². The molecule has 1 heterocycles. The van der Waals surface area contributed by atoms with Gasteiger partial charge in [-0.1, -0.05) is 0 Å². The van der Waals surface area contributed by atoms with Crippen LogP contribution >= 0.6 is 0 Å². The van der Waals surface area contributed by atoms with Gasteiger partial charge in [0.25, 0.3) is 0 Å². The summed E-state index contributed by atoms with van der Waals surface area (Å²) in [5, 5.41) is 0. The lowest BCUT2D eigenvalue weighted by molar-refractivity contribution is -0.112. The number of nitrogens with zero attached hydrogens (tertiary/aromatic N) is 1. The Morgan fingerprint density at radius 2 is 2.33 bits per heavy atom. The van der Waals surface area contributed by atoms with Crippen LogP contribution in [0.1, 0.15) is 18.1 Å². The molecule has 1 aromatic rings. The molecule has 0 saturated carbocycles. The van der Waals surface area contributed by atoms with Gasteiger partial charge < -0.3 is 10.5 Å². The molecule has 12 heavy (non-hydrogen) atoms. The van der Waals surface area contributed by atoms with E-state index in [0.717, 1.165) is 17.4 Å². The number of hydrogen-bond donors (Lipinski definition) is 1. The van der Waals surface area contributed by atoms with Crippen LogP contribution in [0.5, 0.6) is 0 Å². The SMILES string of the molecule is Cc1cnccc1C(C)(N)C=O. The number of aromatic nitrogens is 1. The van der Waals surface area contributed by atoms with Crippen LogP contribution in [0, 0.1) is 6.92 Å². The first kappa shape index (κ1) is 8.87. The van der Waals surface area contributed by atoms with Crippen LogP contribution in [0.3, 0.4) is 0 Å². The summed E-state index contributed by atoms with van der Waals surface area (Å²) in [6.07, 6.45) is 4.08. The predicted molar refractivity (Wildman–Crippen MR) is 46.6 cm³/mol. The first-order valence-corrected chi connectivity index (χ1v) is 3.74. The van der Waals surface area contributed by atoms with E-state index in [-0.39, 0.29) is 0 Å². The second-order valence-electron chi connectivity index (χ2n) is 3.09. The average molecular weight is 164 g/mol. The zero-order chi connectivity index (χ0) is 9.19. The molecule has 1 aromatic heterocycles. The lowest BCUT2D eigenvalue weighted by Gasteiger charge is -2.19. The minimum absolute atomic E-state index is 0.745. The number of carbonyl (C=O) groups is 1. The first-order valence-electron chi connectivity index (χ1n) is 3.74. The molecule has 2 N–H and O–H groups in total. The van der Waals surface area contributed by atoms with Gasteiger partial charge in [0, 0.05) is 12.4 Å². The van der Waals surface area contributed by atoms with Crippen molar-refractivity contribution in [2.24, 2.45) is 5.73 Å². The minimum atomic E-state index is -0.896. The van der Waals surface area contributed by atoms with Gasteiger partial charge in [-0.3, -0.25) is 4.98 Å². The number of nitrogens with two attached hydrogens (primary N) is 1. The fourth-order valence-electron chi connectivity index (χ4n) is 1.14. The van der Waals surface area contributed by atoms with Crippen molar-refractivity contribution in [3.63, 3.8) is 0 Å². The zero-order valence-corrected chi connectivity index (χ0v) is 7.24. The van der Waals surface area contributed by atoms with E-state index in [1.807, 2.05) is 6.92 Å². The third kappa shape index (κ3) is 1.51. The fourth-order valence-corrected chi connectivity index (χ4v) is 1.14. The van der Waals surface area contributed by atoms with Gasteiger partial charge in [0.05, 0.1) is 5.54 Å². The fraction of sp³-hybridized carbons (Fsp3) is 0.333. The number of aryl methyl sites for hydroxylation is 1. The zero-order valence-electron chi connectivity index (χ0n) is 7.24. The van der Waals surface area contributed by atoms with Crippen molar-refractivity contribution in [1.29, 1.82) is 0 Å². The van der Waals surface area contributed by atoms with E-state index in [9.17, 15) is 4.79 Å². The molecular weight excluding hydrogens is 152 g/mol. The van der Waals surface area contributed by atoms with Crippen molar-refractivity contribution in [3.8, 4) is 0 Å². The third-order valence-electron chi connectivity index (χ3n) is 1.85. The average Bonchev–Trinajstić information content (AvgIpc) is 2.05. The summed E-state index contributed by atoms with van der Waals surface area (Å²) >= 11 is 0. The van der Waals surface area contributed by atoms with E-state index in [1.54, 1.807) is 25.4 Å². The van der Waals surface area contributed by atoms with Gasteiger partial charge in [-0.15, -0.1) is 0 Å². The van der Waals surface area contributed by atoms with Crippen LogP contribution < -0.4 is 5.73 Å². The molecule has 1 atom stereocenters. The maximum atomic E-state index is 10.6. The Balaban J connectivity index is 3.19. The molecule has 0 bridgehead atoms. The van der Waals surface area contributed by atoms with Crippen molar-refractivity contribution in [2.75, 3.05) is 0 Å². The summed E-state index contributed by atoms with van der Waals surface area (Å²) in [5.41, 5.74) is 6.61. The molecule has 0 aliphatic heterocycles. The van der Waals surface area contributed by atoms with Crippen molar-refractivity contribution in [1.82, 2.24) is 4.98 Å². The van der Waals surface area contributed by atoms with E-state index in [4.69, 9.17) is 5.73 Å². The van der Waals surface area contributed by atoms with Gasteiger partial charge in [-0.2, -0.15) is 0 Å². The molecular formula is C9H12N2O. The summed E-state index contributed by atoms with van der Waals surface area (Å²) in [7, 11) is 0. The van der Waals surface area contributed by atoms with E-state index in [2.05, 4.69) is 4.98 Å². The number of carbonyl (C=O) groups excluding carboxylic acids is 1. The monoisotopic (exact) mass is 164 g/mol. The lowest BCUT2D eigenvalue weighted by Crippen LogP contribution is -2.35. The van der Waals surface area contributed by atoms with Crippen LogP contribution in [-0.4, -0.2) is 11.3 Å². The normalized spacial score (nSPS) is 15.2. The summed E-state index contributed by atoms with van der Waals surface area (Å²) in [6, 6.07) is 1.77. The highest BCUT2D eigenvalue weighted by Gasteiger charge is 2.21. The highest BCUT2D eigenvalue weighted by atomic mass is 16.1. The van der Waals surface area contributed by atoms with Crippen molar-refractivity contribution >= 4 is 6.29 Å². The van der Waals surface area contributed by atoms with Crippen LogP contribution in [0.25, 0.3) is 0 Å². The molecule has 0 radical (unpaired) electrons. The Labute approximate surface area is 71.6 Å². The summed E-state index contributed by atoms with van der Waals surface area (Å²) in [6.45, 7) is 3.57. The van der Waals surface area contributed by atoms with Gasteiger partial charge in [0.1, 0.15) is 6.29 Å². The summed E-state index contributed by atoms with van der Waals surface area (Å²) in [4.78, 5) is 14.6. The topological polar surface area (TPSA) is 56.0 Å². The van der Waals surface area contributed by atoms with Crippen molar-refractivity contribution in [2.45, 2.75) is 19.4 Å². The standard InChI is InChI=1S/C9H12N2O/c1-7-5-11-4-3-8(7)9(2,10)6-12/h3-6H,10H2,1-2H3. The molecule has 0 aliphatic rings. The summed E-state index contributed by atoms with van der Waals surface area (Å²) in [5.74, 6) is 0. The highest BCUT2D eigenvalue weighted by Crippen LogP contribution is 2.17. The maximum absolute atomic E-state index is 10.6. The molecule has 64 valence electrons. The van der Waals surface area contributed by atoms with Crippen LogP contribution in [0.2, 0.25) is 0 Å². The lowest BCUT2D eigenvalue weighted by atomic mass is 9.92. The quantitative estimate of drug-likeness (QED) is 0.656. The second-order valence-corrected chi connectivity index (χ2v) is 3.09. The van der Waals surface area contributed by atoms with Crippen LogP contribution in [-0.2, 0) is 10.3 Å². The van der Waals surface area contributed by atoms with Gasteiger partial charge >= 0.3 is 0 Å². The Morgan fingerprint density at radius 1 is 1.67 bits per heavy atom. The van der Waals surface area contributed by atoms with Crippen molar-refractivity contribution in [3.05, 3.63) is 29.6 Å². The Kier molecular flexibility index (Phi) is 2.24. The molecule has 0 fully saturated rings. The number of pyridine rings is 1. The van der Waals surface area contributed by atoms with Gasteiger partial charge in [0.15, 0.2) is 0 Å². The van der Waals surface area contributed by atoms with Gasteiger partial charge in [-0.25, -0.2) is 0 Å². The summed E-state index contributed by atoms with van der Waals surface area (Å²) < 4.78 is 0. The molecule has 0 saturated heterocycles. The Morgan fingerprint density at radius 3 is 2.83 bits per heavy atom. The number of aldehydes is 1. The maximum Gasteiger partial charge on any atom is 0.144 e. The number of rotatable bonds is 2.